The molecule has 0 atom stereocenters. The van der Waals surface area contributed by atoms with E-state index in [-0.39, 0.29) is 11.5 Å². The zero-order chi connectivity index (χ0) is 13.6. The highest BCUT2D eigenvalue weighted by molar-refractivity contribution is 5.94. The number of methoxy groups -OCH3 is 1. The molecule has 1 N–H and O–H groups in total. The summed E-state index contributed by atoms with van der Waals surface area (Å²) in [5, 5.41) is 2.92. The van der Waals surface area contributed by atoms with Crippen molar-refractivity contribution in [3.63, 3.8) is 0 Å². The predicted octanol–water partition coefficient (Wildman–Crippen LogP) is 2.79. The molecule has 0 aliphatic rings. The fraction of sp³-hybridized carbons (Fsp3) is 0.533. The van der Waals surface area contributed by atoms with Gasteiger partial charge in [0.15, 0.2) is 0 Å². The van der Waals surface area contributed by atoms with Gasteiger partial charge in [-0.3, -0.25) is 4.79 Å². The fourth-order valence-corrected chi connectivity index (χ4v) is 1.61. The Morgan fingerprint density at radius 1 is 1.39 bits per heavy atom. The zero-order valence-electron chi connectivity index (χ0n) is 11.7. The van der Waals surface area contributed by atoms with Crippen LogP contribution in [0.15, 0.2) is 24.3 Å². The van der Waals surface area contributed by atoms with Gasteiger partial charge in [0.25, 0.3) is 5.91 Å². The van der Waals surface area contributed by atoms with E-state index in [1.807, 2.05) is 38.1 Å². The van der Waals surface area contributed by atoms with E-state index < -0.39 is 0 Å². The van der Waals surface area contributed by atoms with Crippen LogP contribution < -0.4 is 5.32 Å². The number of rotatable bonds is 6. The third-order valence-corrected chi connectivity index (χ3v) is 3.16. The molecule has 0 heterocycles. The van der Waals surface area contributed by atoms with Crippen LogP contribution in [-0.4, -0.2) is 25.2 Å². The molecule has 1 aromatic carbocycles. The molecule has 0 radical (unpaired) electrons. The molecule has 0 saturated heterocycles. The number of hydrogen-bond donors (Lipinski definition) is 1. The maximum Gasteiger partial charge on any atom is 0.251 e. The van der Waals surface area contributed by atoms with Crippen LogP contribution in [0.4, 0.5) is 0 Å². The minimum Gasteiger partial charge on any atom is -0.379 e. The first kappa shape index (κ1) is 14.7. The van der Waals surface area contributed by atoms with E-state index in [2.05, 4.69) is 12.2 Å². The van der Waals surface area contributed by atoms with Crippen LogP contribution in [0.2, 0.25) is 0 Å². The highest BCUT2D eigenvalue weighted by atomic mass is 16.5. The van der Waals surface area contributed by atoms with Crippen molar-refractivity contribution in [2.24, 2.45) is 0 Å². The molecule has 18 heavy (non-hydrogen) atoms. The monoisotopic (exact) mass is 249 g/mol. The van der Waals surface area contributed by atoms with Crippen molar-refractivity contribution in [2.75, 3.05) is 13.7 Å². The third-order valence-electron chi connectivity index (χ3n) is 3.16. The van der Waals surface area contributed by atoms with Gasteiger partial charge in [-0.2, -0.15) is 0 Å². The second kappa shape index (κ2) is 6.55. The Labute approximate surface area is 110 Å². The molecule has 0 unspecified atom stereocenters. The van der Waals surface area contributed by atoms with E-state index in [1.165, 1.54) is 5.56 Å². The first-order valence-corrected chi connectivity index (χ1v) is 6.41. The fourth-order valence-electron chi connectivity index (χ4n) is 1.61. The van der Waals surface area contributed by atoms with Crippen LogP contribution in [0.1, 0.15) is 43.1 Å². The molecule has 1 rings (SSSR count). The summed E-state index contributed by atoms with van der Waals surface area (Å²) in [6, 6.07) is 7.74. The van der Waals surface area contributed by atoms with Gasteiger partial charge >= 0.3 is 0 Å². The lowest BCUT2D eigenvalue weighted by atomic mass is 10.1. The van der Waals surface area contributed by atoms with Gasteiger partial charge < -0.3 is 10.1 Å². The topological polar surface area (TPSA) is 38.3 Å². The summed E-state index contributed by atoms with van der Waals surface area (Å²) < 4.78 is 5.31. The molecular weight excluding hydrogens is 226 g/mol. The number of nitrogens with one attached hydrogen (secondary N) is 1. The Morgan fingerprint density at radius 2 is 2.11 bits per heavy atom. The van der Waals surface area contributed by atoms with Crippen LogP contribution in [0.5, 0.6) is 0 Å². The van der Waals surface area contributed by atoms with Crippen molar-refractivity contribution in [3.05, 3.63) is 35.4 Å². The summed E-state index contributed by atoms with van der Waals surface area (Å²) in [4.78, 5) is 11.9. The highest BCUT2D eigenvalue weighted by Gasteiger charge is 2.16. The largest absolute Gasteiger partial charge is 0.379 e. The molecule has 0 aromatic heterocycles. The predicted molar refractivity (Wildman–Crippen MR) is 73.9 cm³/mol. The van der Waals surface area contributed by atoms with Crippen molar-refractivity contribution in [2.45, 2.75) is 39.2 Å². The van der Waals surface area contributed by atoms with Crippen LogP contribution in [0, 0.1) is 0 Å². The molecule has 0 spiro atoms. The minimum absolute atomic E-state index is 0.0165. The van der Waals surface area contributed by atoms with Gasteiger partial charge in [-0.15, -0.1) is 0 Å². The first-order chi connectivity index (χ1) is 8.48. The summed E-state index contributed by atoms with van der Waals surface area (Å²) in [5.74, 6) is -0.0165. The third kappa shape index (κ3) is 4.49. The summed E-state index contributed by atoms with van der Waals surface area (Å²) in [6.07, 6.45) is 1.74. The smallest absolute Gasteiger partial charge is 0.251 e. The van der Waals surface area contributed by atoms with Crippen LogP contribution >= 0.6 is 0 Å². The maximum absolute atomic E-state index is 11.9. The Morgan fingerprint density at radius 3 is 2.72 bits per heavy atom. The van der Waals surface area contributed by atoms with E-state index in [0.29, 0.717) is 6.54 Å². The molecule has 3 heteroatoms. The lowest BCUT2D eigenvalue weighted by Gasteiger charge is -2.22. The molecule has 0 saturated carbocycles. The van der Waals surface area contributed by atoms with Crippen molar-refractivity contribution in [3.8, 4) is 0 Å². The number of benzene rings is 1. The molecule has 0 bridgehead atoms. The maximum atomic E-state index is 11.9. The Balaban J connectivity index is 2.50. The SMILES string of the molecule is CCc1cccc(C(=O)NCCC(C)(C)OC)c1. The number of ether oxygens (including phenoxy) is 1. The standard InChI is InChI=1S/C15H23NO2/c1-5-12-7-6-8-13(11-12)14(17)16-10-9-15(2,3)18-4/h6-8,11H,5,9-10H2,1-4H3,(H,16,17). The van der Waals surface area contributed by atoms with E-state index in [4.69, 9.17) is 4.74 Å². The highest BCUT2D eigenvalue weighted by Crippen LogP contribution is 2.12. The lowest BCUT2D eigenvalue weighted by Crippen LogP contribution is -2.32. The number of carbonyl (C=O) groups is 1. The molecule has 1 aromatic rings. The van der Waals surface area contributed by atoms with Gasteiger partial charge in [-0.1, -0.05) is 19.1 Å². The van der Waals surface area contributed by atoms with Gasteiger partial charge in [0.05, 0.1) is 5.60 Å². The quantitative estimate of drug-likeness (QED) is 0.842. The normalized spacial score (nSPS) is 11.3. The van der Waals surface area contributed by atoms with Gasteiger partial charge in [0.1, 0.15) is 0 Å². The van der Waals surface area contributed by atoms with Gasteiger partial charge in [0, 0.05) is 19.2 Å². The Hall–Kier alpha value is -1.35. The second-order valence-corrected chi connectivity index (χ2v) is 5.02. The zero-order valence-corrected chi connectivity index (χ0v) is 11.7. The van der Waals surface area contributed by atoms with Crippen molar-refractivity contribution in [1.29, 1.82) is 0 Å². The summed E-state index contributed by atoms with van der Waals surface area (Å²) in [7, 11) is 1.69. The van der Waals surface area contributed by atoms with Crippen molar-refractivity contribution >= 4 is 5.91 Å². The number of amides is 1. The van der Waals surface area contributed by atoms with Crippen molar-refractivity contribution < 1.29 is 9.53 Å². The molecule has 0 aliphatic heterocycles. The molecular formula is C15H23NO2. The van der Waals surface area contributed by atoms with E-state index in [0.717, 1.165) is 18.4 Å². The number of hydrogen-bond acceptors (Lipinski definition) is 2. The van der Waals surface area contributed by atoms with Crippen LogP contribution in [-0.2, 0) is 11.2 Å². The van der Waals surface area contributed by atoms with E-state index in [1.54, 1.807) is 7.11 Å². The first-order valence-electron chi connectivity index (χ1n) is 6.41. The Kier molecular flexibility index (Phi) is 5.35. The summed E-state index contributed by atoms with van der Waals surface area (Å²) in [5.41, 5.74) is 1.71. The average molecular weight is 249 g/mol. The average Bonchev–Trinajstić information content (AvgIpc) is 2.38. The Bertz CT molecular complexity index is 399. The van der Waals surface area contributed by atoms with Gasteiger partial charge in [0.2, 0.25) is 0 Å². The summed E-state index contributed by atoms with van der Waals surface area (Å²) in [6.45, 7) is 6.72. The second-order valence-electron chi connectivity index (χ2n) is 5.02. The minimum atomic E-state index is -0.196. The van der Waals surface area contributed by atoms with E-state index >= 15 is 0 Å². The lowest BCUT2D eigenvalue weighted by molar-refractivity contribution is 0.0160. The molecule has 0 fully saturated rings. The van der Waals surface area contributed by atoms with Gasteiger partial charge in [-0.25, -0.2) is 0 Å². The number of carbonyl (C=O) groups excluding carboxylic acids is 1. The van der Waals surface area contributed by atoms with E-state index in [9.17, 15) is 4.79 Å². The molecule has 0 aliphatic carbocycles. The summed E-state index contributed by atoms with van der Waals surface area (Å²) >= 11 is 0. The van der Waals surface area contributed by atoms with Crippen molar-refractivity contribution in [1.82, 2.24) is 5.32 Å². The van der Waals surface area contributed by atoms with Crippen LogP contribution in [0.25, 0.3) is 0 Å². The van der Waals surface area contributed by atoms with Gasteiger partial charge in [-0.05, 0) is 44.4 Å². The molecule has 3 nitrogen and oxygen atoms in total. The molecule has 100 valence electrons. The number of aryl methyl sites for hydroxylation is 1. The van der Waals surface area contributed by atoms with Crippen LogP contribution in [0.3, 0.4) is 0 Å². The molecule has 1 amide bonds.